The zero-order valence-electron chi connectivity index (χ0n) is 10.8. The summed E-state index contributed by atoms with van der Waals surface area (Å²) in [6.07, 6.45) is 11.6. The highest BCUT2D eigenvalue weighted by Crippen LogP contribution is 2.59. The largest absolute Gasteiger partial charge is 0.292 e. The van der Waals surface area contributed by atoms with Crippen LogP contribution >= 0.6 is 11.8 Å². The van der Waals surface area contributed by atoms with Crippen molar-refractivity contribution >= 4 is 23.1 Å². The Morgan fingerprint density at radius 1 is 1.11 bits per heavy atom. The van der Waals surface area contributed by atoms with E-state index in [-0.39, 0.29) is 6.04 Å². The molecule has 0 aromatic heterocycles. The maximum atomic E-state index is 11.3. The van der Waals surface area contributed by atoms with Gasteiger partial charge in [0.2, 0.25) is 0 Å². The third-order valence-electron chi connectivity index (χ3n) is 5.48. The third-order valence-corrected chi connectivity index (χ3v) is 6.52. The molecule has 5 rings (SSSR count). The number of nitrogens with zero attached hydrogens (tertiary/aromatic N) is 1. The molecular formula is C15H21NOS. The first-order chi connectivity index (χ1) is 8.71. The normalized spacial score (nSPS) is 50.6. The lowest BCUT2D eigenvalue weighted by Gasteiger charge is -2.55. The molecule has 0 spiro atoms. The van der Waals surface area contributed by atoms with E-state index in [4.69, 9.17) is 4.99 Å². The predicted octanol–water partition coefficient (Wildman–Crippen LogP) is 3.31. The first-order valence-corrected chi connectivity index (χ1v) is 8.39. The van der Waals surface area contributed by atoms with Crippen LogP contribution in [-0.2, 0) is 4.79 Å². The summed E-state index contributed by atoms with van der Waals surface area (Å²) in [7, 11) is 0. The molecule has 0 amide bonds. The Bertz CT molecular complexity index is 368. The summed E-state index contributed by atoms with van der Waals surface area (Å²) in [5.41, 5.74) is 0.436. The minimum atomic E-state index is 0.288. The van der Waals surface area contributed by atoms with Crippen LogP contribution in [0.25, 0.3) is 0 Å². The van der Waals surface area contributed by atoms with Crippen LogP contribution in [0.1, 0.15) is 44.9 Å². The molecule has 1 aliphatic heterocycles. The molecule has 0 aromatic rings. The van der Waals surface area contributed by atoms with Gasteiger partial charge < -0.3 is 0 Å². The minimum absolute atomic E-state index is 0.288. The van der Waals surface area contributed by atoms with Crippen LogP contribution in [0.5, 0.6) is 0 Å². The predicted molar refractivity (Wildman–Crippen MR) is 75.0 cm³/mol. The number of carbonyl (C=O) groups is 1. The molecule has 1 atom stereocenters. The van der Waals surface area contributed by atoms with Gasteiger partial charge in [-0.05, 0) is 56.3 Å². The molecular weight excluding hydrogens is 242 g/mol. The van der Waals surface area contributed by atoms with Crippen molar-refractivity contribution in [2.45, 2.75) is 51.0 Å². The lowest BCUT2D eigenvalue weighted by molar-refractivity contribution is -0.110. The third kappa shape index (κ3) is 1.95. The molecule has 98 valence electrons. The molecule has 1 heterocycles. The number of aliphatic imine (C=N–C) groups is 1. The maximum Gasteiger partial charge on any atom is 0.191 e. The van der Waals surface area contributed by atoms with Gasteiger partial charge >= 0.3 is 0 Å². The van der Waals surface area contributed by atoms with E-state index in [1.165, 1.54) is 50.3 Å². The first-order valence-electron chi connectivity index (χ1n) is 7.41. The summed E-state index contributed by atoms with van der Waals surface area (Å²) >= 11 is 1.47. The number of thioether (sulfide) groups is 1. The van der Waals surface area contributed by atoms with Crippen molar-refractivity contribution in [3.63, 3.8) is 0 Å². The highest BCUT2D eigenvalue weighted by Gasteiger charge is 2.50. The number of rotatable bonds is 2. The van der Waals surface area contributed by atoms with Gasteiger partial charge in [-0.1, -0.05) is 11.8 Å². The van der Waals surface area contributed by atoms with Crippen LogP contribution in [0.15, 0.2) is 4.99 Å². The SMILES string of the molecule is O=C1CC(N=CC23CC4CC(CC(C4)C2)C3)CS1. The van der Waals surface area contributed by atoms with E-state index >= 15 is 0 Å². The quantitative estimate of drug-likeness (QED) is 0.715. The van der Waals surface area contributed by atoms with E-state index in [2.05, 4.69) is 6.21 Å². The van der Waals surface area contributed by atoms with Gasteiger partial charge in [-0.15, -0.1) is 0 Å². The van der Waals surface area contributed by atoms with E-state index < -0.39 is 0 Å². The monoisotopic (exact) mass is 263 g/mol. The zero-order chi connectivity index (χ0) is 12.2. The van der Waals surface area contributed by atoms with E-state index in [1.54, 1.807) is 0 Å². The van der Waals surface area contributed by atoms with Crippen LogP contribution in [0.4, 0.5) is 0 Å². The van der Waals surface area contributed by atoms with E-state index in [0.29, 0.717) is 17.0 Å². The molecule has 2 nitrogen and oxygen atoms in total. The van der Waals surface area contributed by atoms with Crippen LogP contribution in [0.2, 0.25) is 0 Å². The standard InChI is InChI=1S/C15H21NOS/c17-14-4-13(8-18-14)16-9-15-5-10-1-11(6-15)3-12(2-10)7-15/h9-13H,1-8H2. The number of carbonyl (C=O) groups excluding carboxylic acids is 1. The molecule has 3 heteroatoms. The molecule has 0 aromatic carbocycles. The van der Waals surface area contributed by atoms with Crippen molar-refractivity contribution in [3.8, 4) is 0 Å². The van der Waals surface area contributed by atoms with Gasteiger partial charge in [0.15, 0.2) is 5.12 Å². The fraction of sp³-hybridized carbons (Fsp3) is 0.867. The molecule has 4 bridgehead atoms. The number of hydrogen-bond donors (Lipinski definition) is 0. The second kappa shape index (κ2) is 4.09. The average molecular weight is 263 g/mol. The van der Waals surface area contributed by atoms with Crippen molar-refractivity contribution in [1.82, 2.24) is 0 Å². The molecule has 0 radical (unpaired) electrons. The van der Waals surface area contributed by atoms with Crippen molar-refractivity contribution in [2.75, 3.05) is 5.75 Å². The summed E-state index contributed by atoms with van der Waals surface area (Å²) < 4.78 is 0. The van der Waals surface area contributed by atoms with E-state index in [9.17, 15) is 4.79 Å². The van der Waals surface area contributed by atoms with Gasteiger partial charge in [0.25, 0.3) is 0 Å². The molecule has 18 heavy (non-hydrogen) atoms. The minimum Gasteiger partial charge on any atom is -0.292 e. The highest BCUT2D eigenvalue weighted by atomic mass is 32.2. The van der Waals surface area contributed by atoms with Crippen molar-refractivity contribution < 1.29 is 4.79 Å². The maximum absolute atomic E-state index is 11.3. The van der Waals surface area contributed by atoms with E-state index in [0.717, 1.165) is 23.5 Å². The molecule has 4 aliphatic carbocycles. The molecule has 0 N–H and O–H groups in total. The van der Waals surface area contributed by atoms with E-state index in [1.807, 2.05) is 0 Å². The number of hydrogen-bond acceptors (Lipinski definition) is 3. The Balaban J connectivity index is 1.50. The summed E-state index contributed by atoms with van der Waals surface area (Å²) in [6, 6.07) is 0.288. The molecule has 5 aliphatic rings. The Morgan fingerprint density at radius 3 is 2.22 bits per heavy atom. The lowest BCUT2D eigenvalue weighted by atomic mass is 9.50. The Labute approximate surface area is 113 Å². The van der Waals surface area contributed by atoms with Crippen LogP contribution in [-0.4, -0.2) is 23.1 Å². The fourth-order valence-corrected chi connectivity index (χ4v) is 6.09. The summed E-state index contributed by atoms with van der Waals surface area (Å²) in [5.74, 6) is 3.88. The second-order valence-electron chi connectivity index (χ2n) is 7.10. The summed E-state index contributed by atoms with van der Waals surface area (Å²) in [6.45, 7) is 0. The van der Waals surface area contributed by atoms with Crippen LogP contribution < -0.4 is 0 Å². The highest BCUT2D eigenvalue weighted by molar-refractivity contribution is 8.14. The van der Waals surface area contributed by atoms with Gasteiger partial charge in [-0.3, -0.25) is 9.79 Å². The van der Waals surface area contributed by atoms with Crippen LogP contribution in [0, 0.1) is 23.2 Å². The molecule has 4 saturated carbocycles. The summed E-state index contributed by atoms with van der Waals surface area (Å²) in [4.78, 5) is 16.1. The molecule has 1 saturated heterocycles. The van der Waals surface area contributed by atoms with Gasteiger partial charge in [0, 0.05) is 23.8 Å². The molecule has 5 fully saturated rings. The first kappa shape index (κ1) is 11.5. The van der Waals surface area contributed by atoms with Gasteiger partial charge in [-0.2, -0.15) is 0 Å². The average Bonchev–Trinajstić information content (AvgIpc) is 2.71. The topological polar surface area (TPSA) is 29.4 Å². The Hall–Kier alpha value is -0.310. The van der Waals surface area contributed by atoms with Crippen molar-refractivity contribution in [2.24, 2.45) is 28.2 Å². The van der Waals surface area contributed by atoms with Crippen molar-refractivity contribution in [1.29, 1.82) is 0 Å². The lowest BCUT2D eigenvalue weighted by Crippen LogP contribution is -2.47. The second-order valence-corrected chi connectivity index (χ2v) is 8.18. The van der Waals surface area contributed by atoms with Gasteiger partial charge in [-0.25, -0.2) is 0 Å². The Kier molecular flexibility index (Phi) is 2.62. The van der Waals surface area contributed by atoms with Gasteiger partial charge in [0.05, 0.1) is 6.04 Å². The molecule has 1 unspecified atom stereocenters. The van der Waals surface area contributed by atoms with Gasteiger partial charge in [0.1, 0.15) is 0 Å². The van der Waals surface area contributed by atoms with Crippen molar-refractivity contribution in [3.05, 3.63) is 0 Å². The fourth-order valence-electron chi connectivity index (χ4n) is 5.19. The smallest absolute Gasteiger partial charge is 0.191 e. The van der Waals surface area contributed by atoms with Crippen LogP contribution in [0.3, 0.4) is 0 Å². The summed E-state index contributed by atoms with van der Waals surface area (Å²) in [5, 5.41) is 0.336. The Morgan fingerprint density at radius 2 is 1.72 bits per heavy atom. The zero-order valence-corrected chi connectivity index (χ0v) is 11.6.